The summed E-state index contributed by atoms with van der Waals surface area (Å²) >= 11 is 0. The average molecular weight is 353 g/mol. The maximum absolute atomic E-state index is 11.3. The van der Waals surface area contributed by atoms with Crippen molar-refractivity contribution >= 4 is 23.3 Å². The summed E-state index contributed by atoms with van der Waals surface area (Å²) in [6.45, 7) is 1.11. The molecule has 4 N–H and O–H groups in total. The Morgan fingerprint density at radius 3 is 2.96 bits per heavy atom. The number of hydrazine groups is 1. The fraction of sp³-hybridized carbons (Fsp3) is 0.235. The Balaban J connectivity index is 1.78. The maximum atomic E-state index is 11.3. The third-order valence-corrected chi connectivity index (χ3v) is 4.54. The number of aromatic carboxylic acids is 1. The lowest BCUT2D eigenvalue weighted by molar-refractivity contribution is -0.417. The minimum Gasteiger partial charge on any atom is -0.478 e. The summed E-state index contributed by atoms with van der Waals surface area (Å²) in [5.74, 6) is 5.84. The molecule has 0 aliphatic carbocycles. The lowest BCUT2D eigenvalue weighted by Gasteiger charge is -2.03. The van der Waals surface area contributed by atoms with Crippen LogP contribution in [-0.4, -0.2) is 56.0 Å². The number of rotatable bonds is 3. The molecule has 1 atom stereocenters. The van der Waals surface area contributed by atoms with Gasteiger partial charge in [0.15, 0.2) is 0 Å². The number of carbonyl (C=O) groups is 1. The first-order chi connectivity index (χ1) is 12.7. The molecule has 1 aromatic heterocycles. The van der Waals surface area contributed by atoms with E-state index in [1.54, 1.807) is 30.5 Å². The minimum atomic E-state index is -0.972. The summed E-state index contributed by atoms with van der Waals surface area (Å²) in [7, 11) is 0. The second kappa shape index (κ2) is 6.28. The zero-order chi connectivity index (χ0) is 18.1. The van der Waals surface area contributed by atoms with Gasteiger partial charge in [0.2, 0.25) is 5.54 Å². The van der Waals surface area contributed by atoms with Crippen LogP contribution in [0.3, 0.4) is 0 Å². The number of amidine groups is 2. The van der Waals surface area contributed by atoms with Crippen molar-refractivity contribution in [2.45, 2.75) is 12.0 Å². The number of hydrogen-bond acceptors (Lipinski definition) is 6. The van der Waals surface area contributed by atoms with E-state index in [-0.39, 0.29) is 11.1 Å². The molecule has 0 saturated carbocycles. The van der Waals surface area contributed by atoms with Crippen molar-refractivity contribution in [1.82, 2.24) is 15.4 Å². The van der Waals surface area contributed by atoms with E-state index in [2.05, 4.69) is 20.4 Å². The van der Waals surface area contributed by atoms with Gasteiger partial charge in [0.05, 0.1) is 12.2 Å². The highest BCUT2D eigenvalue weighted by Crippen LogP contribution is 2.42. The van der Waals surface area contributed by atoms with Crippen LogP contribution in [0.2, 0.25) is 0 Å². The second-order valence-electron chi connectivity index (χ2n) is 6.05. The normalized spacial score (nSPS) is 22.0. The molecule has 0 amide bonds. The third kappa shape index (κ3) is 2.63. The molecular formula is C17H17N6O3+. The number of nitrogens with two attached hydrogens (primary N) is 1. The molecule has 9 heteroatoms. The lowest BCUT2D eigenvalue weighted by Crippen LogP contribution is -2.33. The van der Waals surface area contributed by atoms with Gasteiger partial charge in [-0.05, 0) is 29.3 Å². The van der Waals surface area contributed by atoms with Gasteiger partial charge in [-0.3, -0.25) is 5.43 Å². The maximum Gasteiger partial charge on any atom is 0.353 e. The van der Waals surface area contributed by atoms with Crippen molar-refractivity contribution in [3.63, 3.8) is 0 Å². The summed E-state index contributed by atoms with van der Waals surface area (Å²) in [5.41, 5.74) is 3.75. The Morgan fingerprint density at radius 2 is 2.31 bits per heavy atom. The van der Waals surface area contributed by atoms with Crippen LogP contribution in [0, 0.1) is 0 Å². The van der Waals surface area contributed by atoms with E-state index in [1.165, 1.54) is 6.33 Å². The molecule has 0 unspecified atom stereocenters. The second-order valence-corrected chi connectivity index (χ2v) is 6.05. The summed E-state index contributed by atoms with van der Waals surface area (Å²) in [4.78, 5) is 24.0. The van der Waals surface area contributed by atoms with Gasteiger partial charge in [-0.25, -0.2) is 25.2 Å². The number of benzene rings is 1. The average Bonchev–Trinajstić information content (AvgIpc) is 3.00. The van der Waals surface area contributed by atoms with Gasteiger partial charge in [0.1, 0.15) is 24.3 Å². The van der Waals surface area contributed by atoms with E-state index >= 15 is 0 Å². The van der Waals surface area contributed by atoms with Crippen LogP contribution < -0.4 is 11.3 Å². The predicted octanol–water partition coefficient (Wildman–Crippen LogP) is 0.300. The molecule has 1 fully saturated rings. The molecule has 132 valence electrons. The molecule has 2 aliphatic heterocycles. The van der Waals surface area contributed by atoms with E-state index in [0.29, 0.717) is 24.7 Å². The van der Waals surface area contributed by atoms with Crippen LogP contribution >= 0.6 is 0 Å². The van der Waals surface area contributed by atoms with Gasteiger partial charge >= 0.3 is 11.8 Å². The summed E-state index contributed by atoms with van der Waals surface area (Å²) in [5, 5.41) is 9.25. The van der Waals surface area contributed by atoms with Crippen LogP contribution in [0.1, 0.15) is 22.5 Å². The van der Waals surface area contributed by atoms with Crippen molar-refractivity contribution in [3.05, 3.63) is 54.1 Å². The van der Waals surface area contributed by atoms with Crippen molar-refractivity contribution < 1.29 is 19.2 Å². The van der Waals surface area contributed by atoms with E-state index < -0.39 is 5.97 Å². The van der Waals surface area contributed by atoms with Gasteiger partial charge < -0.3 is 9.84 Å². The standard InChI is InChI=1S/C17H16N6O3/c18-22-14(13-4-6-19-10-20-13)21-16-17(5-7-26-9-17)23(16)12-3-1-2-11(8-12)15(24)25/h1-4,6,8,10H,5,7,9H2,(H3,18,19,20,24,25)/p+1/t17-,23?/m1/s1. The summed E-state index contributed by atoms with van der Waals surface area (Å²) in [6.07, 6.45) is 3.79. The Hall–Kier alpha value is -3.17. The van der Waals surface area contributed by atoms with Crippen molar-refractivity contribution in [2.75, 3.05) is 13.2 Å². The van der Waals surface area contributed by atoms with Crippen molar-refractivity contribution in [2.24, 2.45) is 10.8 Å². The molecule has 1 spiro atoms. The monoisotopic (exact) mass is 353 g/mol. The number of aromatic nitrogens is 2. The van der Waals surface area contributed by atoms with Gasteiger partial charge in [0, 0.05) is 12.6 Å². The number of carboxylic acids is 1. The topological polar surface area (TPSA) is 126 Å². The third-order valence-electron chi connectivity index (χ3n) is 4.54. The highest BCUT2D eigenvalue weighted by molar-refractivity contribution is 6.09. The highest BCUT2D eigenvalue weighted by atomic mass is 16.5. The number of carboxylic acid groups (broad SMARTS) is 1. The molecule has 0 radical (unpaired) electrons. The number of ether oxygens (including phenoxy) is 1. The Bertz CT molecular complexity index is 919. The molecule has 0 bridgehead atoms. The molecule has 2 aromatic rings. The first kappa shape index (κ1) is 16.3. The Labute approximate surface area is 148 Å². The first-order valence-corrected chi connectivity index (χ1v) is 8.06. The number of nitrogens with one attached hydrogen (secondary N) is 1. The zero-order valence-corrected chi connectivity index (χ0v) is 13.8. The van der Waals surface area contributed by atoms with Gasteiger partial charge in [-0.15, -0.1) is 0 Å². The predicted molar refractivity (Wildman–Crippen MR) is 92.4 cm³/mol. The van der Waals surface area contributed by atoms with E-state index in [9.17, 15) is 9.90 Å². The van der Waals surface area contributed by atoms with Gasteiger partial charge in [0.25, 0.3) is 5.84 Å². The summed E-state index contributed by atoms with van der Waals surface area (Å²) < 4.78 is 7.57. The van der Waals surface area contributed by atoms with Crippen molar-refractivity contribution in [3.8, 4) is 0 Å². The zero-order valence-electron chi connectivity index (χ0n) is 13.8. The molecule has 1 aromatic carbocycles. The van der Waals surface area contributed by atoms with Crippen LogP contribution in [-0.2, 0) is 4.74 Å². The van der Waals surface area contributed by atoms with Gasteiger partial charge in [-0.2, -0.15) is 0 Å². The fourth-order valence-corrected chi connectivity index (χ4v) is 3.21. The SMILES string of the molecule is NNC(=NC1=[N+](c2cccc(C(=O)O)c2)[C@@]12CCOC2)c1ccncn1. The van der Waals surface area contributed by atoms with Crippen LogP contribution in [0.25, 0.3) is 0 Å². The largest absolute Gasteiger partial charge is 0.478 e. The molecule has 9 nitrogen and oxygen atoms in total. The van der Waals surface area contributed by atoms with Crippen LogP contribution in [0.15, 0.2) is 47.8 Å². The van der Waals surface area contributed by atoms with Crippen LogP contribution in [0.5, 0.6) is 0 Å². The van der Waals surface area contributed by atoms with E-state index in [0.717, 1.165) is 17.9 Å². The molecule has 2 aliphatic rings. The quantitative estimate of drug-likeness (QED) is 0.238. The number of hydrogen-bond donors (Lipinski definition) is 3. The van der Waals surface area contributed by atoms with E-state index in [4.69, 9.17) is 10.6 Å². The number of nitrogens with zero attached hydrogens (tertiary/aromatic N) is 4. The lowest BCUT2D eigenvalue weighted by atomic mass is 10.1. The van der Waals surface area contributed by atoms with Gasteiger partial charge in [-0.1, -0.05) is 6.07 Å². The summed E-state index contributed by atoms with van der Waals surface area (Å²) in [6, 6.07) is 8.47. The minimum absolute atomic E-state index is 0.222. The van der Waals surface area contributed by atoms with E-state index in [1.807, 2.05) is 10.6 Å². The Kier molecular flexibility index (Phi) is 3.94. The fourth-order valence-electron chi connectivity index (χ4n) is 3.21. The molecular weight excluding hydrogens is 336 g/mol. The molecule has 1 saturated heterocycles. The Morgan fingerprint density at radius 1 is 1.42 bits per heavy atom. The van der Waals surface area contributed by atoms with Crippen LogP contribution in [0.4, 0.5) is 5.69 Å². The molecule has 3 heterocycles. The molecule has 26 heavy (non-hydrogen) atoms. The van der Waals surface area contributed by atoms with Crippen molar-refractivity contribution in [1.29, 1.82) is 0 Å². The first-order valence-electron chi connectivity index (χ1n) is 8.06. The number of aliphatic imine (C=N–C) groups is 1. The smallest absolute Gasteiger partial charge is 0.353 e. The highest BCUT2D eigenvalue weighted by Gasteiger charge is 2.67. The molecule has 4 rings (SSSR count).